The van der Waals surface area contributed by atoms with Crippen LogP contribution in [0.4, 0.5) is 13.2 Å². The smallest absolute Gasteiger partial charge is 0.341 e. The maximum absolute atomic E-state index is 12.9. The third-order valence-corrected chi connectivity index (χ3v) is 6.52. The van der Waals surface area contributed by atoms with Crippen LogP contribution in [0.1, 0.15) is 54.4 Å². The van der Waals surface area contributed by atoms with Crippen molar-refractivity contribution in [1.82, 2.24) is 4.90 Å². The lowest BCUT2D eigenvalue weighted by molar-refractivity contribution is -0.137. The zero-order valence-electron chi connectivity index (χ0n) is 14.5. The van der Waals surface area contributed by atoms with Crippen LogP contribution >= 0.6 is 0 Å². The fourth-order valence-electron chi connectivity index (χ4n) is 6.11. The van der Waals surface area contributed by atoms with Crippen LogP contribution in [-0.4, -0.2) is 24.4 Å². The average molecular weight is 351 g/mol. The van der Waals surface area contributed by atoms with Crippen LogP contribution in [0.3, 0.4) is 0 Å². The Morgan fingerprint density at radius 1 is 1.12 bits per heavy atom. The van der Waals surface area contributed by atoms with Crippen LogP contribution in [0.5, 0.6) is 0 Å². The van der Waals surface area contributed by atoms with Gasteiger partial charge >= 0.3 is 6.18 Å². The number of halogens is 3. The Balaban J connectivity index is 1.50. The molecule has 0 heterocycles. The van der Waals surface area contributed by atoms with E-state index in [9.17, 15) is 18.0 Å². The van der Waals surface area contributed by atoms with Gasteiger partial charge in [-0.05, 0) is 79.9 Å². The van der Waals surface area contributed by atoms with E-state index in [1.165, 1.54) is 50.7 Å². The van der Waals surface area contributed by atoms with Crippen LogP contribution in [0.15, 0.2) is 24.3 Å². The van der Waals surface area contributed by atoms with Gasteiger partial charge in [0.05, 0.1) is 5.56 Å². The van der Waals surface area contributed by atoms with E-state index >= 15 is 0 Å². The minimum atomic E-state index is -4.42. The standard InChI is InChI=1S/C20H24F3NO/c1-24(18(25)16-3-2-4-17(8-16)20(21,22)23)12-19-9-13-5-14(10-19)7-15(6-13)11-19/h2-4,8,13-15H,5-7,9-12H2,1H3. The first kappa shape index (κ1) is 16.9. The second kappa shape index (κ2) is 5.75. The molecule has 0 unspecified atom stereocenters. The molecule has 1 aromatic carbocycles. The Hall–Kier alpha value is -1.52. The maximum atomic E-state index is 12.9. The molecule has 5 rings (SSSR count). The lowest BCUT2D eigenvalue weighted by Gasteiger charge is -2.57. The van der Waals surface area contributed by atoms with E-state index in [4.69, 9.17) is 0 Å². The zero-order chi connectivity index (χ0) is 17.8. The highest BCUT2D eigenvalue weighted by Crippen LogP contribution is 2.60. The highest BCUT2D eigenvalue weighted by Gasteiger charge is 2.51. The third-order valence-electron chi connectivity index (χ3n) is 6.52. The van der Waals surface area contributed by atoms with Gasteiger partial charge in [0.15, 0.2) is 0 Å². The third kappa shape index (κ3) is 3.18. The molecule has 4 fully saturated rings. The Bertz CT molecular complexity index is 646. The summed E-state index contributed by atoms with van der Waals surface area (Å²) in [5.41, 5.74) is -0.440. The molecular formula is C20H24F3NO. The summed E-state index contributed by atoms with van der Waals surface area (Å²) in [6, 6.07) is 4.77. The molecule has 0 aromatic heterocycles. The largest absolute Gasteiger partial charge is 0.416 e. The number of alkyl halides is 3. The number of hydrogen-bond acceptors (Lipinski definition) is 1. The lowest BCUT2D eigenvalue weighted by atomic mass is 9.49. The summed E-state index contributed by atoms with van der Waals surface area (Å²) in [5.74, 6) is 2.08. The molecule has 2 nitrogen and oxygen atoms in total. The van der Waals surface area contributed by atoms with Crippen molar-refractivity contribution in [3.63, 3.8) is 0 Å². The summed E-state index contributed by atoms with van der Waals surface area (Å²) in [6.07, 6.45) is 3.13. The van der Waals surface area contributed by atoms with E-state index in [0.29, 0.717) is 6.54 Å². The van der Waals surface area contributed by atoms with Gasteiger partial charge in [0.2, 0.25) is 0 Å². The molecular weight excluding hydrogens is 327 g/mol. The number of rotatable bonds is 3. The summed E-state index contributed by atoms with van der Waals surface area (Å²) in [6.45, 7) is 0.672. The molecule has 0 radical (unpaired) electrons. The van der Waals surface area contributed by atoms with Crippen molar-refractivity contribution < 1.29 is 18.0 Å². The maximum Gasteiger partial charge on any atom is 0.416 e. The molecule has 0 saturated heterocycles. The molecule has 25 heavy (non-hydrogen) atoms. The van der Waals surface area contributed by atoms with Crippen molar-refractivity contribution >= 4 is 5.91 Å². The summed E-state index contributed by atoms with van der Waals surface area (Å²) in [5, 5.41) is 0. The van der Waals surface area contributed by atoms with Crippen LogP contribution in [0, 0.1) is 23.2 Å². The average Bonchev–Trinajstić information content (AvgIpc) is 2.51. The SMILES string of the molecule is CN(CC12CC3CC(CC(C3)C1)C2)C(=O)c1cccc(C(F)(F)F)c1. The van der Waals surface area contributed by atoms with Crippen molar-refractivity contribution in [3.8, 4) is 0 Å². The summed E-state index contributed by atoms with van der Waals surface area (Å²) < 4.78 is 38.7. The monoisotopic (exact) mass is 351 g/mol. The van der Waals surface area contributed by atoms with Crippen molar-refractivity contribution in [2.45, 2.75) is 44.7 Å². The van der Waals surface area contributed by atoms with E-state index in [-0.39, 0.29) is 16.9 Å². The molecule has 0 spiro atoms. The molecule has 0 atom stereocenters. The lowest BCUT2D eigenvalue weighted by Crippen LogP contribution is -2.51. The van der Waals surface area contributed by atoms with Gasteiger partial charge in [-0.2, -0.15) is 13.2 Å². The van der Waals surface area contributed by atoms with Gasteiger partial charge in [0.25, 0.3) is 5.91 Å². The Morgan fingerprint density at radius 3 is 2.20 bits per heavy atom. The topological polar surface area (TPSA) is 20.3 Å². The van der Waals surface area contributed by atoms with Gasteiger partial charge < -0.3 is 4.90 Å². The van der Waals surface area contributed by atoms with Crippen molar-refractivity contribution in [1.29, 1.82) is 0 Å². The molecule has 4 saturated carbocycles. The molecule has 0 N–H and O–H groups in total. The molecule has 136 valence electrons. The number of carbonyl (C=O) groups excluding carboxylic acids is 1. The first-order valence-corrected chi connectivity index (χ1v) is 9.17. The summed E-state index contributed by atoms with van der Waals surface area (Å²) in [4.78, 5) is 14.4. The molecule has 5 heteroatoms. The van der Waals surface area contributed by atoms with Gasteiger partial charge in [-0.1, -0.05) is 6.07 Å². The van der Waals surface area contributed by atoms with Crippen LogP contribution in [0.25, 0.3) is 0 Å². The first-order chi connectivity index (χ1) is 11.7. The van der Waals surface area contributed by atoms with E-state index < -0.39 is 11.7 Å². The van der Waals surface area contributed by atoms with Crippen LogP contribution < -0.4 is 0 Å². The van der Waals surface area contributed by atoms with Gasteiger partial charge in [0, 0.05) is 19.2 Å². The summed E-state index contributed by atoms with van der Waals surface area (Å²) in [7, 11) is 1.74. The molecule has 4 aliphatic rings. The molecule has 0 aliphatic heterocycles. The fraction of sp³-hybridized carbons (Fsp3) is 0.650. The highest BCUT2D eigenvalue weighted by molar-refractivity contribution is 5.94. The zero-order valence-corrected chi connectivity index (χ0v) is 14.5. The van der Waals surface area contributed by atoms with Gasteiger partial charge in [-0.3, -0.25) is 4.79 Å². The van der Waals surface area contributed by atoms with Gasteiger partial charge in [-0.25, -0.2) is 0 Å². The minimum absolute atomic E-state index is 0.127. The van der Waals surface area contributed by atoms with E-state index in [1.807, 2.05) is 0 Å². The van der Waals surface area contributed by atoms with E-state index in [1.54, 1.807) is 11.9 Å². The number of amides is 1. The first-order valence-electron chi connectivity index (χ1n) is 9.17. The fourth-order valence-corrected chi connectivity index (χ4v) is 6.11. The minimum Gasteiger partial charge on any atom is -0.341 e. The molecule has 4 aliphatic carbocycles. The van der Waals surface area contributed by atoms with Gasteiger partial charge in [-0.15, -0.1) is 0 Å². The number of nitrogens with zero attached hydrogens (tertiary/aromatic N) is 1. The predicted molar refractivity (Wildman–Crippen MR) is 89.0 cm³/mol. The molecule has 1 amide bonds. The summed E-state index contributed by atoms with van der Waals surface area (Å²) >= 11 is 0. The number of benzene rings is 1. The van der Waals surface area contributed by atoms with E-state index in [2.05, 4.69) is 0 Å². The van der Waals surface area contributed by atoms with Crippen molar-refractivity contribution in [2.24, 2.45) is 23.2 Å². The quantitative estimate of drug-likeness (QED) is 0.751. The molecule has 1 aromatic rings. The van der Waals surface area contributed by atoms with E-state index in [0.717, 1.165) is 29.9 Å². The predicted octanol–water partition coefficient (Wildman–Crippen LogP) is 4.99. The highest BCUT2D eigenvalue weighted by atomic mass is 19.4. The Morgan fingerprint density at radius 2 is 1.68 bits per heavy atom. The molecule has 4 bridgehead atoms. The Kier molecular flexibility index (Phi) is 3.89. The van der Waals surface area contributed by atoms with Crippen molar-refractivity contribution in [3.05, 3.63) is 35.4 Å². The van der Waals surface area contributed by atoms with Crippen LogP contribution in [-0.2, 0) is 6.18 Å². The number of carbonyl (C=O) groups is 1. The van der Waals surface area contributed by atoms with Crippen molar-refractivity contribution in [2.75, 3.05) is 13.6 Å². The second-order valence-corrected chi connectivity index (χ2v) is 8.66. The number of hydrogen-bond donors (Lipinski definition) is 0. The second-order valence-electron chi connectivity index (χ2n) is 8.66. The normalized spacial score (nSPS) is 33.5. The van der Waals surface area contributed by atoms with Crippen LogP contribution in [0.2, 0.25) is 0 Å². The Labute approximate surface area is 146 Å². The van der Waals surface area contributed by atoms with Gasteiger partial charge in [0.1, 0.15) is 0 Å².